The number of hydrogen-bond acceptors (Lipinski definition) is 4. The zero-order valence-corrected chi connectivity index (χ0v) is 13.2. The van der Waals surface area contributed by atoms with Crippen molar-refractivity contribution in [1.29, 1.82) is 0 Å². The van der Waals surface area contributed by atoms with Crippen molar-refractivity contribution in [2.45, 2.75) is 25.2 Å². The van der Waals surface area contributed by atoms with E-state index >= 15 is 0 Å². The minimum atomic E-state index is -3.52. The smallest absolute Gasteiger partial charge is 0.241 e. The summed E-state index contributed by atoms with van der Waals surface area (Å²) >= 11 is 0. The Bertz CT molecular complexity index is 686. The van der Waals surface area contributed by atoms with E-state index in [0.717, 1.165) is 22.6 Å². The summed E-state index contributed by atoms with van der Waals surface area (Å²) in [6, 6.07) is 3.65. The van der Waals surface area contributed by atoms with Crippen LogP contribution in [0.1, 0.15) is 17.0 Å². The molecule has 0 fully saturated rings. The van der Waals surface area contributed by atoms with Crippen LogP contribution in [0.5, 0.6) is 0 Å². The van der Waals surface area contributed by atoms with Gasteiger partial charge in [0.25, 0.3) is 0 Å². The molecule has 0 amide bonds. The van der Waals surface area contributed by atoms with Gasteiger partial charge in [-0.05, 0) is 37.1 Å². The molecule has 0 saturated heterocycles. The lowest BCUT2D eigenvalue weighted by Crippen LogP contribution is -2.27. The molecule has 0 spiro atoms. The van der Waals surface area contributed by atoms with E-state index in [1.165, 1.54) is 0 Å². The van der Waals surface area contributed by atoms with Gasteiger partial charge in [-0.2, -0.15) is 0 Å². The van der Waals surface area contributed by atoms with Gasteiger partial charge >= 0.3 is 0 Å². The first-order valence-corrected chi connectivity index (χ1v) is 8.19. The molecule has 21 heavy (non-hydrogen) atoms. The fourth-order valence-electron chi connectivity index (χ4n) is 2.33. The Hall–Kier alpha value is -1.86. The Balaban J connectivity index is 2.15. The van der Waals surface area contributed by atoms with Crippen LogP contribution in [0.3, 0.4) is 0 Å². The molecule has 6 nitrogen and oxygen atoms in total. The van der Waals surface area contributed by atoms with Gasteiger partial charge in [-0.3, -0.25) is 0 Å². The van der Waals surface area contributed by atoms with Crippen molar-refractivity contribution in [2.75, 3.05) is 18.9 Å². The van der Waals surface area contributed by atoms with E-state index in [1.54, 1.807) is 26.2 Å². The van der Waals surface area contributed by atoms with Crippen LogP contribution in [0.2, 0.25) is 0 Å². The lowest BCUT2D eigenvalue weighted by Gasteiger charge is -2.13. The summed E-state index contributed by atoms with van der Waals surface area (Å²) in [5, 5.41) is 3.02. The van der Waals surface area contributed by atoms with Gasteiger partial charge < -0.3 is 10.3 Å². The second kappa shape index (κ2) is 6.28. The summed E-state index contributed by atoms with van der Waals surface area (Å²) in [5.41, 5.74) is 2.36. The summed E-state index contributed by atoms with van der Waals surface area (Å²) in [7, 11) is -1.71. The number of hydrogen-bond donors (Lipinski definition) is 3. The lowest BCUT2D eigenvalue weighted by molar-refractivity contribution is 0.579. The molecule has 0 atom stereocenters. The number of sulfonamides is 1. The minimum Gasteiger partial charge on any atom is -0.388 e. The molecule has 0 aliphatic heterocycles. The Morgan fingerprint density at radius 2 is 1.90 bits per heavy atom. The number of aromatic amines is 1. The molecule has 2 rings (SSSR count). The van der Waals surface area contributed by atoms with Crippen LogP contribution >= 0.6 is 0 Å². The number of nitrogens with zero attached hydrogens (tertiary/aromatic N) is 1. The first kappa shape index (κ1) is 15.5. The molecule has 1 aromatic heterocycles. The highest BCUT2D eigenvalue weighted by Crippen LogP contribution is 2.24. The molecule has 0 unspecified atom stereocenters. The molecule has 0 saturated carbocycles. The fourth-order valence-corrected chi connectivity index (χ4v) is 3.81. The van der Waals surface area contributed by atoms with E-state index in [4.69, 9.17) is 0 Å². The highest BCUT2D eigenvalue weighted by molar-refractivity contribution is 7.89. The molecule has 1 aromatic carbocycles. The standard InChI is InChI=1S/C14H20N4O2S/c1-10-8-12(15-3)9-11(2)14(10)21(19,20)18-5-4-13-16-6-7-17-13/h6-9,15,18H,4-5H2,1-3H3,(H,16,17). The molecule has 0 aliphatic rings. The molecule has 2 aromatic rings. The average Bonchev–Trinajstić information content (AvgIpc) is 2.90. The minimum absolute atomic E-state index is 0.308. The Morgan fingerprint density at radius 3 is 2.43 bits per heavy atom. The highest BCUT2D eigenvalue weighted by atomic mass is 32.2. The Morgan fingerprint density at radius 1 is 1.24 bits per heavy atom. The zero-order valence-electron chi connectivity index (χ0n) is 12.4. The van der Waals surface area contributed by atoms with Gasteiger partial charge in [-0.15, -0.1) is 0 Å². The van der Waals surface area contributed by atoms with E-state index in [1.807, 2.05) is 19.2 Å². The quantitative estimate of drug-likeness (QED) is 0.756. The maximum Gasteiger partial charge on any atom is 0.241 e. The number of H-pyrrole nitrogens is 1. The number of benzene rings is 1. The van der Waals surface area contributed by atoms with Crippen LogP contribution in [-0.4, -0.2) is 32.0 Å². The molecule has 114 valence electrons. The molecule has 1 heterocycles. The number of imidazole rings is 1. The van der Waals surface area contributed by atoms with Gasteiger partial charge in [0.15, 0.2) is 0 Å². The first-order chi connectivity index (χ1) is 9.94. The van der Waals surface area contributed by atoms with Gasteiger partial charge in [0.2, 0.25) is 10.0 Å². The van der Waals surface area contributed by atoms with E-state index in [-0.39, 0.29) is 0 Å². The van der Waals surface area contributed by atoms with Crippen LogP contribution in [0.4, 0.5) is 5.69 Å². The maximum atomic E-state index is 12.4. The van der Waals surface area contributed by atoms with Crippen LogP contribution in [0.25, 0.3) is 0 Å². The van der Waals surface area contributed by atoms with Crippen molar-refractivity contribution in [3.05, 3.63) is 41.5 Å². The predicted molar refractivity (Wildman–Crippen MR) is 82.9 cm³/mol. The molecular weight excluding hydrogens is 288 g/mol. The molecule has 0 aliphatic carbocycles. The number of rotatable bonds is 6. The SMILES string of the molecule is CNc1cc(C)c(S(=O)(=O)NCCc2ncc[nH]2)c(C)c1. The van der Waals surface area contributed by atoms with Gasteiger partial charge in [-0.25, -0.2) is 18.1 Å². The van der Waals surface area contributed by atoms with Crippen molar-refractivity contribution in [3.8, 4) is 0 Å². The van der Waals surface area contributed by atoms with E-state index in [9.17, 15) is 8.42 Å². The molecule has 7 heteroatoms. The third-order valence-corrected chi connectivity index (χ3v) is 4.99. The molecule has 0 radical (unpaired) electrons. The van der Waals surface area contributed by atoms with Gasteiger partial charge in [0.05, 0.1) is 4.90 Å². The monoisotopic (exact) mass is 308 g/mol. The van der Waals surface area contributed by atoms with Crippen LogP contribution in [-0.2, 0) is 16.4 Å². The second-order valence-electron chi connectivity index (χ2n) is 4.87. The summed E-state index contributed by atoms with van der Waals surface area (Å²) in [5.74, 6) is 0.761. The summed E-state index contributed by atoms with van der Waals surface area (Å²) < 4.78 is 27.5. The third kappa shape index (κ3) is 3.62. The highest BCUT2D eigenvalue weighted by Gasteiger charge is 2.19. The first-order valence-electron chi connectivity index (χ1n) is 6.71. The molecule has 0 bridgehead atoms. The van der Waals surface area contributed by atoms with Gasteiger partial charge in [0.1, 0.15) is 5.82 Å². The van der Waals surface area contributed by atoms with E-state index in [2.05, 4.69) is 20.0 Å². The van der Waals surface area contributed by atoms with Crippen molar-refractivity contribution >= 4 is 15.7 Å². The lowest BCUT2D eigenvalue weighted by atomic mass is 10.1. The van der Waals surface area contributed by atoms with Crippen LogP contribution < -0.4 is 10.0 Å². The fraction of sp³-hybridized carbons (Fsp3) is 0.357. The second-order valence-corrected chi connectivity index (χ2v) is 6.58. The van der Waals surface area contributed by atoms with Crippen LogP contribution in [0, 0.1) is 13.8 Å². The summed E-state index contributed by atoms with van der Waals surface area (Å²) in [4.78, 5) is 7.36. The topological polar surface area (TPSA) is 86.9 Å². The number of anilines is 1. The predicted octanol–water partition coefficient (Wildman–Crippen LogP) is 1.59. The largest absolute Gasteiger partial charge is 0.388 e. The zero-order chi connectivity index (χ0) is 15.5. The van der Waals surface area contributed by atoms with E-state index < -0.39 is 10.0 Å². The normalized spacial score (nSPS) is 11.6. The van der Waals surface area contributed by atoms with Crippen LogP contribution in [0.15, 0.2) is 29.4 Å². The molecular formula is C14H20N4O2S. The number of aryl methyl sites for hydroxylation is 2. The average molecular weight is 308 g/mol. The van der Waals surface area contributed by atoms with Crippen molar-refractivity contribution in [2.24, 2.45) is 0 Å². The summed E-state index contributed by atoms with van der Waals surface area (Å²) in [6.45, 7) is 3.91. The van der Waals surface area contributed by atoms with Gasteiger partial charge in [-0.1, -0.05) is 0 Å². The number of aromatic nitrogens is 2. The van der Waals surface area contributed by atoms with Crippen molar-refractivity contribution in [1.82, 2.24) is 14.7 Å². The molecule has 3 N–H and O–H groups in total. The maximum absolute atomic E-state index is 12.4. The third-order valence-electron chi connectivity index (χ3n) is 3.23. The number of nitrogens with one attached hydrogen (secondary N) is 3. The van der Waals surface area contributed by atoms with Gasteiger partial charge in [0, 0.05) is 38.1 Å². The summed E-state index contributed by atoms with van der Waals surface area (Å²) in [6.07, 6.45) is 3.89. The Kier molecular flexibility index (Phi) is 4.64. The van der Waals surface area contributed by atoms with E-state index in [0.29, 0.717) is 17.9 Å². The Labute approximate surface area is 125 Å². The van der Waals surface area contributed by atoms with Crippen molar-refractivity contribution in [3.63, 3.8) is 0 Å². The van der Waals surface area contributed by atoms with Crippen molar-refractivity contribution < 1.29 is 8.42 Å².